The van der Waals surface area contributed by atoms with E-state index in [4.69, 9.17) is 21.1 Å². The molecular formula is C14H19ClN2O3. The summed E-state index contributed by atoms with van der Waals surface area (Å²) in [5.41, 5.74) is 0.400. The van der Waals surface area contributed by atoms with Gasteiger partial charge in [-0.15, -0.1) is 0 Å². The normalized spacial score (nSPS) is 16.4. The molecule has 0 unspecified atom stereocenters. The molecule has 1 aromatic rings. The molecule has 1 heterocycles. The fraction of sp³-hybridized carbons (Fsp3) is 0.500. The molecule has 110 valence electrons. The number of hydrogen-bond acceptors (Lipinski definition) is 4. The van der Waals surface area contributed by atoms with E-state index in [0.717, 1.165) is 13.1 Å². The highest BCUT2D eigenvalue weighted by atomic mass is 35.5. The summed E-state index contributed by atoms with van der Waals surface area (Å²) in [7, 11) is 0. The second-order valence-electron chi connectivity index (χ2n) is 4.97. The zero-order valence-corrected chi connectivity index (χ0v) is 12.4. The third kappa shape index (κ3) is 3.85. The van der Waals surface area contributed by atoms with E-state index < -0.39 is 0 Å². The molecule has 1 fully saturated rings. The van der Waals surface area contributed by atoms with Crippen molar-refractivity contribution in [3.8, 4) is 5.75 Å². The highest BCUT2D eigenvalue weighted by Crippen LogP contribution is 2.27. The second-order valence-corrected chi connectivity index (χ2v) is 5.38. The highest BCUT2D eigenvalue weighted by molar-refractivity contribution is 6.32. The number of benzene rings is 1. The summed E-state index contributed by atoms with van der Waals surface area (Å²) in [5, 5.41) is 6.33. The number of rotatable bonds is 6. The lowest BCUT2D eigenvalue weighted by atomic mass is 10.0. The van der Waals surface area contributed by atoms with Crippen molar-refractivity contribution in [2.24, 2.45) is 0 Å². The quantitative estimate of drug-likeness (QED) is 0.844. The summed E-state index contributed by atoms with van der Waals surface area (Å²) in [6.07, 6.45) is 0. The van der Waals surface area contributed by atoms with Gasteiger partial charge in [0.25, 0.3) is 0 Å². The van der Waals surface area contributed by atoms with E-state index in [1.807, 2.05) is 13.8 Å². The van der Waals surface area contributed by atoms with Crippen LogP contribution in [0, 0.1) is 0 Å². The van der Waals surface area contributed by atoms with E-state index in [0.29, 0.717) is 23.1 Å². The number of nitrogens with one attached hydrogen (secondary N) is 2. The highest BCUT2D eigenvalue weighted by Gasteiger charge is 2.32. The van der Waals surface area contributed by atoms with E-state index >= 15 is 0 Å². The van der Waals surface area contributed by atoms with Crippen LogP contribution in [0.25, 0.3) is 0 Å². The topological polar surface area (TPSA) is 59.6 Å². The van der Waals surface area contributed by atoms with Crippen LogP contribution in [0.3, 0.4) is 0 Å². The summed E-state index contributed by atoms with van der Waals surface area (Å²) >= 11 is 6.06. The Balaban J connectivity index is 1.86. The number of hydrogen-bond donors (Lipinski definition) is 2. The summed E-state index contributed by atoms with van der Waals surface area (Å²) in [5.74, 6) is 0.412. The van der Waals surface area contributed by atoms with Crippen molar-refractivity contribution in [3.63, 3.8) is 0 Å². The van der Waals surface area contributed by atoms with Gasteiger partial charge < -0.3 is 20.1 Å². The largest absolute Gasteiger partial charge is 0.492 e. The first kappa shape index (κ1) is 15.1. The molecular weight excluding hydrogens is 280 g/mol. The lowest BCUT2D eigenvalue weighted by molar-refractivity contribution is -0.130. The lowest BCUT2D eigenvalue weighted by Crippen LogP contribution is -2.59. The number of ether oxygens (including phenoxy) is 2. The molecule has 2 rings (SSSR count). The summed E-state index contributed by atoms with van der Waals surface area (Å²) < 4.78 is 10.9. The first-order chi connectivity index (χ1) is 9.52. The summed E-state index contributed by atoms with van der Waals surface area (Å²) in [4.78, 5) is 11.8. The molecule has 0 aromatic heterocycles. The van der Waals surface area contributed by atoms with Gasteiger partial charge in [-0.3, -0.25) is 4.79 Å². The first-order valence-corrected chi connectivity index (χ1v) is 6.97. The third-order valence-corrected chi connectivity index (χ3v) is 3.36. The van der Waals surface area contributed by atoms with Gasteiger partial charge in [-0.25, -0.2) is 0 Å². The Labute approximate surface area is 123 Å². The van der Waals surface area contributed by atoms with E-state index in [9.17, 15) is 4.79 Å². The van der Waals surface area contributed by atoms with E-state index in [1.165, 1.54) is 0 Å². The molecule has 1 aliphatic rings. The van der Waals surface area contributed by atoms with Crippen LogP contribution in [0.15, 0.2) is 18.2 Å². The Hall–Kier alpha value is -1.30. The predicted molar refractivity (Wildman–Crippen MR) is 78.5 cm³/mol. The van der Waals surface area contributed by atoms with Crippen molar-refractivity contribution in [1.29, 1.82) is 0 Å². The van der Waals surface area contributed by atoms with Gasteiger partial charge in [-0.05, 0) is 32.0 Å². The molecule has 1 amide bonds. The van der Waals surface area contributed by atoms with E-state index in [-0.39, 0.29) is 18.1 Å². The second kappa shape index (κ2) is 6.43. The lowest BCUT2D eigenvalue weighted by Gasteiger charge is -2.38. The number of carbonyl (C=O) groups is 1. The van der Waals surface area contributed by atoms with Gasteiger partial charge in [-0.2, -0.15) is 0 Å². The monoisotopic (exact) mass is 298 g/mol. The molecule has 0 atom stereocenters. The summed E-state index contributed by atoms with van der Waals surface area (Å²) in [6.45, 7) is 5.99. The van der Waals surface area contributed by atoms with Crippen LogP contribution in [0.2, 0.25) is 5.02 Å². The zero-order valence-electron chi connectivity index (χ0n) is 11.7. The van der Waals surface area contributed by atoms with E-state index in [2.05, 4.69) is 10.6 Å². The van der Waals surface area contributed by atoms with Gasteiger partial charge >= 0.3 is 0 Å². The van der Waals surface area contributed by atoms with Crippen LogP contribution in [0.4, 0.5) is 5.69 Å². The van der Waals surface area contributed by atoms with Crippen LogP contribution in [-0.4, -0.2) is 37.8 Å². The van der Waals surface area contributed by atoms with Crippen LogP contribution in [0.1, 0.15) is 13.8 Å². The molecule has 0 aliphatic carbocycles. The van der Waals surface area contributed by atoms with Crippen LogP contribution in [0.5, 0.6) is 5.75 Å². The van der Waals surface area contributed by atoms with E-state index in [1.54, 1.807) is 18.2 Å². The predicted octanol–water partition coefficient (Wildman–Crippen LogP) is 2.06. The van der Waals surface area contributed by atoms with Gasteiger partial charge in [0.2, 0.25) is 5.91 Å². The molecule has 1 saturated heterocycles. The fourth-order valence-corrected chi connectivity index (χ4v) is 2.10. The van der Waals surface area contributed by atoms with Gasteiger partial charge in [-0.1, -0.05) is 11.6 Å². The molecule has 2 N–H and O–H groups in total. The Morgan fingerprint density at radius 2 is 2.25 bits per heavy atom. The minimum Gasteiger partial charge on any atom is -0.492 e. The van der Waals surface area contributed by atoms with Crippen molar-refractivity contribution in [3.05, 3.63) is 23.2 Å². The van der Waals surface area contributed by atoms with Crippen molar-refractivity contribution >= 4 is 23.2 Å². The zero-order chi connectivity index (χ0) is 14.6. The maximum atomic E-state index is 11.8. The molecule has 1 aromatic carbocycles. The number of anilines is 1. The first-order valence-electron chi connectivity index (χ1n) is 6.59. The van der Waals surface area contributed by atoms with Crippen molar-refractivity contribution in [2.75, 3.05) is 31.6 Å². The molecule has 20 heavy (non-hydrogen) atoms. The molecule has 6 heteroatoms. The fourth-order valence-electron chi connectivity index (χ4n) is 1.87. The molecule has 0 saturated carbocycles. The molecule has 0 bridgehead atoms. The van der Waals surface area contributed by atoms with Gasteiger partial charge in [0.05, 0.1) is 17.2 Å². The van der Waals surface area contributed by atoms with Crippen LogP contribution in [-0.2, 0) is 9.53 Å². The smallest absolute Gasteiger partial charge is 0.250 e. The third-order valence-electron chi connectivity index (χ3n) is 3.07. The maximum Gasteiger partial charge on any atom is 0.250 e. The SMILES string of the molecule is CCOc1ccc(NC(=O)COC2(C)CNC2)cc1Cl. The maximum absolute atomic E-state index is 11.8. The standard InChI is InChI=1S/C14H19ClN2O3/c1-3-19-12-5-4-10(6-11(12)15)17-13(18)7-20-14(2)8-16-9-14/h4-6,16H,3,7-9H2,1-2H3,(H,17,18). The molecule has 1 aliphatic heterocycles. The molecule has 0 radical (unpaired) electrons. The molecule has 0 spiro atoms. The number of halogens is 1. The number of amides is 1. The minimum atomic E-state index is -0.228. The summed E-state index contributed by atoms with van der Waals surface area (Å²) in [6, 6.07) is 5.15. The minimum absolute atomic E-state index is 0.0308. The van der Waals surface area contributed by atoms with Crippen molar-refractivity contribution in [2.45, 2.75) is 19.4 Å². The van der Waals surface area contributed by atoms with Gasteiger partial charge in [0, 0.05) is 18.8 Å². The average Bonchev–Trinajstić information content (AvgIpc) is 2.37. The van der Waals surface area contributed by atoms with Crippen molar-refractivity contribution < 1.29 is 14.3 Å². The Morgan fingerprint density at radius 1 is 1.50 bits per heavy atom. The van der Waals surface area contributed by atoms with Crippen molar-refractivity contribution in [1.82, 2.24) is 5.32 Å². The van der Waals surface area contributed by atoms with Crippen LogP contribution >= 0.6 is 11.6 Å². The van der Waals surface area contributed by atoms with Crippen LogP contribution < -0.4 is 15.4 Å². The van der Waals surface area contributed by atoms with Gasteiger partial charge in [0.15, 0.2) is 0 Å². The Kier molecular flexibility index (Phi) is 4.86. The Bertz CT molecular complexity index is 489. The average molecular weight is 299 g/mol. The Morgan fingerprint density at radius 3 is 2.80 bits per heavy atom. The number of carbonyl (C=O) groups excluding carboxylic acids is 1. The molecule has 5 nitrogen and oxygen atoms in total. The van der Waals surface area contributed by atoms with Gasteiger partial charge in [0.1, 0.15) is 12.4 Å².